The number of ether oxygens (including phenoxy) is 1. The molecular weight excluding hydrogens is 362 g/mol. The number of anilines is 1. The van der Waals surface area contributed by atoms with Crippen molar-refractivity contribution in [3.63, 3.8) is 0 Å². The van der Waals surface area contributed by atoms with Gasteiger partial charge >= 0.3 is 0 Å². The van der Waals surface area contributed by atoms with Gasteiger partial charge in [-0.15, -0.1) is 0 Å². The predicted octanol–water partition coefficient (Wildman–Crippen LogP) is 2.79. The van der Waals surface area contributed by atoms with E-state index in [-0.39, 0.29) is 5.54 Å². The lowest BCUT2D eigenvalue weighted by Crippen LogP contribution is -2.57. The van der Waals surface area contributed by atoms with Gasteiger partial charge in [0.1, 0.15) is 0 Å². The minimum atomic E-state index is 0.130. The van der Waals surface area contributed by atoms with Gasteiger partial charge in [-0.2, -0.15) is 0 Å². The molecule has 6 heteroatoms. The summed E-state index contributed by atoms with van der Waals surface area (Å²) >= 11 is 0. The highest BCUT2D eigenvalue weighted by Crippen LogP contribution is 2.25. The van der Waals surface area contributed by atoms with Crippen molar-refractivity contribution in [2.45, 2.75) is 44.2 Å². The fourth-order valence-corrected chi connectivity index (χ4v) is 4.47. The molecule has 1 aromatic rings. The Kier molecular flexibility index (Phi) is 7.78. The highest BCUT2D eigenvalue weighted by molar-refractivity contribution is 5.79. The van der Waals surface area contributed by atoms with Crippen LogP contribution < -0.4 is 10.2 Å². The highest BCUT2D eigenvalue weighted by atomic mass is 16.5. The summed E-state index contributed by atoms with van der Waals surface area (Å²) in [7, 11) is 8.32. The van der Waals surface area contributed by atoms with E-state index < -0.39 is 0 Å². The second-order valence-corrected chi connectivity index (χ2v) is 8.70. The molecule has 0 bridgehead atoms. The van der Waals surface area contributed by atoms with Crippen LogP contribution in [0.1, 0.15) is 37.7 Å². The summed E-state index contributed by atoms with van der Waals surface area (Å²) < 4.78 is 5.59. The van der Waals surface area contributed by atoms with Crippen molar-refractivity contribution in [1.29, 1.82) is 0 Å². The molecule has 0 amide bonds. The molecule has 1 aromatic carbocycles. The van der Waals surface area contributed by atoms with Crippen LogP contribution in [0.3, 0.4) is 0 Å². The summed E-state index contributed by atoms with van der Waals surface area (Å²) in [6, 6.07) is 9.06. The number of hydrogen-bond donors (Lipinski definition) is 1. The van der Waals surface area contributed by atoms with Crippen molar-refractivity contribution >= 4 is 11.6 Å². The van der Waals surface area contributed by atoms with Crippen molar-refractivity contribution in [2.24, 2.45) is 4.99 Å². The van der Waals surface area contributed by atoms with Crippen LogP contribution in [-0.2, 0) is 11.3 Å². The Hall–Kier alpha value is -1.79. The predicted molar refractivity (Wildman–Crippen MR) is 122 cm³/mol. The number of aliphatic imine (C=N–C) groups is 1. The van der Waals surface area contributed by atoms with E-state index in [2.05, 4.69) is 70.4 Å². The van der Waals surface area contributed by atoms with Gasteiger partial charge in [0.2, 0.25) is 0 Å². The van der Waals surface area contributed by atoms with Gasteiger partial charge < -0.3 is 24.8 Å². The Bertz CT molecular complexity index is 646. The Balaban J connectivity index is 1.56. The quantitative estimate of drug-likeness (QED) is 0.587. The fourth-order valence-electron chi connectivity index (χ4n) is 4.47. The molecule has 0 radical (unpaired) electrons. The van der Waals surface area contributed by atoms with Gasteiger partial charge in [-0.3, -0.25) is 4.99 Å². The first-order chi connectivity index (χ1) is 14.0. The highest BCUT2D eigenvalue weighted by Gasteiger charge is 2.35. The fraction of sp³-hybridized carbons (Fsp3) is 0.696. The maximum Gasteiger partial charge on any atom is 0.193 e. The number of likely N-dealkylation sites (N-methyl/N-ethyl adjacent to an activating group) is 1. The largest absolute Gasteiger partial charge is 0.381 e. The normalized spacial score (nSPS) is 20.0. The summed E-state index contributed by atoms with van der Waals surface area (Å²) in [5, 5.41) is 3.61. The van der Waals surface area contributed by atoms with Crippen LogP contribution in [0, 0.1) is 0 Å². The van der Waals surface area contributed by atoms with Gasteiger partial charge in [-0.25, -0.2) is 0 Å². The molecule has 2 heterocycles. The van der Waals surface area contributed by atoms with E-state index in [4.69, 9.17) is 4.74 Å². The Morgan fingerprint density at radius 1 is 1.07 bits per heavy atom. The topological polar surface area (TPSA) is 43.3 Å². The first-order valence-corrected chi connectivity index (χ1v) is 11.0. The molecule has 29 heavy (non-hydrogen) atoms. The molecule has 6 nitrogen and oxygen atoms in total. The maximum absolute atomic E-state index is 5.59. The van der Waals surface area contributed by atoms with Gasteiger partial charge in [0, 0.05) is 64.7 Å². The van der Waals surface area contributed by atoms with E-state index in [0.717, 1.165) is 45.1 Å². The molecule has 1 N–H and O–H groups in total. The monoisotopic (exact) mass is 401 g/mol. The molecule has 2 fully saturated rings. The smallest absolute Gasteiger partial charge is 0.193 e. The molecule has 0 aliphatic carbocycles. The molecule has 0 atom stereocenters. The van der Waals surface area contributed by atoms with Crippen LogP contribution >= 0.6 is 0 Å². The van der Waals surface area contributed by atoms with Crippen molar-refractivity contribution in [1.82, 2.24) is 15.1 Å². The van der Waals surface area contributed by atoms with Gasteiger partial charge in [-0.05, 0) is 63.9 Å². The van der Waals surface area contributed by atoms with E-state index in [1.165, 1.54) is 43.6 Å². The number of hydrogen-bond acceptors (Lipinski definition) is 4. The lowest BCUT2D eigenvalue weighted by Gasteiger charge is -2.43. The van der Waals surface area contributed by atoms with Crippen LogP contribution in [0.2, 0.25) is 0 Å². The molecular formula is C23H39N5O. The summed E-state index contributed by atoms with van der Waals surface area (Å²) in [4.78, 5) is 11.6. The van der Waals surface area contributed by atoms with Crippen LogP contribution in [0.25, 0.3) is 0 Å². The minimum Gasteiger partial charge on any atom is -0.381 e. The van der Waals surface area contributed by atoms with Gasteiger partial charge in [0.05, 0.1) is 0 Å². The van der Waals surface area contributed by atoms with Gasteiger partial charge in [0.15, 0.2) is 5.96 Å². The third kappa shape index (κ3) is 5.64. The first kappa shape index (κ1) is 21.9. The Labute approximate surface area is 176 Å². The molecule has 3 rings (SSSR count). The van der Waals surface area contributed by atoms with Gasteiger partial charge in [0.25, 0.3) is 0 Å². The van der Waals surface area contributed by atoms with Crippen LogP contribution in [0.4, 0.5) is 5.69 Å². The molecule has 2 saturated heterocycles. The zero-order chi connectivity index (χ0) is 20.7. The molecule has 2 aliphatic rings. The first-order valence-electron chi connectivity index (χ1n) is 11.0. The standard InChI is InChI=1S/C23H39N5O/c1-24-22(25-19-23(26(2)3)12-16-29-17-13-23)27(4)18-20-8-10-21(11-9-20)28-14-6-5-7-15-28/h8-11H,5-7,12-19H2,1-4H3,(H,24,25). The van der Waals surface area contributed by atoms with E-state index in [9.17, 15) is 0 Å². The van der Waals surface area contributed by atoms with Gasteiger partial charge in [-0.1, -0.05) is 12.1 Å². The second kappa shape index (κ2) is 10.3. The van der Waals surface area contributed by atoms with Crippen LogP contribution in [-0.4, -0.2) is 82.3 Å². The summed E-state index contributed by atoms with van der Waals surface area (Å²) in [6.45, 7) is 5.77. The Morgan fingerprint density at radius 3 is 2.31 bits per heavy atom. The number of rotatable bonds is 6. The summed E-state index contributed by atoms with van der Waals surface area (Å²) in [5.74, 6) is 0.942. The van der Waals surface area contributed by atoms with Crippen molar-refractivity contribution in [3.05, 3.63) is 29.8 Å². The lowest BCUT2D eigenvalue weighted by atomic mass is 9.88. The molecule has 0 spiro atoms. The SMILES string of the molecule is CN=C(NCC1(N(C)C)CCOCC1)N(C)Cc1ccc(N2CCCCC2)cc1. The molecule has 162 valence electrons. The lowest BCUT2D eigenvalue weighted by molar-refractivity contribution is -0.00522. The van der Waals surface area contributed by atoms with E-state index in [0.29, 0.717) is 0 Å². The van der Waals surface area contributed by atoms with Crippen molar-refractivity contribution in [3.8, 4) is 0 Å². The number of piperidine rings is 1. The van der Waals surface area contributed by atoms with Crippen LogP contribution in [0.15, 0.2) is 29.3 Å². The summed E-state index contributed by atoms with van der Waals surface area (Å²) in [6.07, 6.45) is 6.09. The van der Waals surface area contributed by atoms with Crippen molar-refractivity contribution < 1.29 is 4.74 Å². The maximum atomic E-state index is 5.59. The van der Waals surface area contributed by atoms with E-state index >= 15 is 0 Å². The number of nitrogens with zero attached hydrogens (tertiary/aromatic N) is 4. The molecule has 0 aromatic heterocycles. The number of benzene rings is 1. The molecule has 2 aliphatic heterocycles. The average Bonchev–Trinajstić information content (AvgIpc) is 2.76. The Morgan fingerprint density at radius 2 is 1.72 bits per heavy atom. The summed E-state index contributed by atoms with van der Waals surface area (Å²) in [5.41, 5.74) is 2.79. The van der Waals surface area contributed by atoms with E-state index in [1.807, 2.05) is 7.05 Å². The number of guanidine groups is 1. The van der Waals surface area contributed by atoms with Crippen molar-refractivity contribution in [2.75, 3.05) is 65.9 Å². The zero-order valence-electron chi connectivity index (χ0n) is 18.8. The third-order valence-corrected chi connectivity index (χ3v) is 6.60. The molecule has 0 unspecified atom stereocenters. The minimum absolute atomic E-state index is 0.130. The number of nitrogens with one attached hydrogen (secondary N) is 1. The zero-order valence-corrected chi connectivity index (χ0v) is 18.8. The average molecular weight is 402 g/mol. The van der Waals surface area contributed by atoms with E-state index in [1.54, 1.807) is 0 Å². The molecule has 0 saturated carbocycles. The van der Waals surface area contributed by atoms with Crippen LogP contribution in [0.5, 0.6) is 0 Å². The third-order valence-electron chi connectivity index (χ3n) is 6.60. The second-order valence-electron chi connectivity index (χ2n) is 8.70.